The molecule has 102 valence electrons. The van der Waals surface area contributed by atoms with Crippen molar-refractivity contribution in [1.29, 1.82) is 0 Å². The smallest absolute Gasteiger partial charge is 0.150 e. The number of aliphatic hydroxyl groups is 1. The molecule has 5 heteroatoms. The quantitative estimate of drug-likeness (QED) is 0.779. The topological polar surface area (TPSA) is 66.4 Å². The lowest BCUT2D eigenvalue weighted by atomic mass is 9.91. The average molecular weight is 263 g/mol. The first-order valence-corrected chi connectivity index (χ1v) is 8.33. The van der Waals surface area contributed by atoms with Gasteiger partial charge in [0.2, 0.25) is 0 Å². The van der Waals surface area contributed by atoms with Crippen LogP contribution in [0.4, 0.5) is 0 Å². The van der Waals surface area contributed by atoms with E-state index in [0.717, 1.165) is 25.7 Å². The third-order valence-corrected chi connectivity index (χ3v) is 5.55. The van der Waals surface area contributed by atoms with E-state index in [1.165, 1.54) is 6.26 Å². The summed E-state index contributed by atoms with van der Waals surface area (Å²) in [6.07, 6.45) is 5.56. The molecule has 1 rings (SSSR count). The average Bonchev–Trinajstić information content (AvgIpc) is 2.28. The second-order valence-electron chi connectivity index (χ2n) is 5.53. The highest BCUT2D eigenvalue weighted by Crippen LogP contribution is 2.25. The Kier molecular flexibility index (Phi) is 4.98. The van der Waals surface area contributed by atoms with Crippen molar-refractivity contribution in [3.63, 3.8) is 0 Å². The fraction of sp³-hybridized carbons (Fsp3) is 1.00. The summed E-state index contributed by atoms with van der Waals surface area (Å²) in [5, 5.41) is 12.6. The van der Waals surface area contributed by atoms with Crippen LogP contribution in [0.15, 0.2) is 0 Å². The molecule has 0 aliphatic heterocycles. The lowest BCUT2D eigenvalue weighted by Gasteiger charge is -2.36. The Bertz CT molecular complexity index is 336. The van der Waals surface area contributed by atoms with E-state index < -0.39 is 9.84 Å². The lowest BCUT2D eigenvalue weighted by molar-refractivity contribution is 0.147. The molecule has 0 bridgehead atoms. The van der Waals surface area contributed by atoms with Crippen LogP contribution in [0.3, 0.4) is 0 Å². The summed E-state index contributed by atoms with van der Waals surface area (Å²) in [6.45, 7) is 4.10. The Morgan fingerprint density at radius 1 is 1.41 bits per heavy atom. The minimum atomic E-state index is -2.93. The number of sulfone groups is 1. The zero-order valence-electron chi connectivity index (χ0n) is 11.1. The van der Waals surface area contributed by atoms with Gasteiger partial charge in [0.25, 0.3) is 0 Å². The summed E-state index contributed by atoms with van der Waals surface area (Å²) >= 11 is 0. The molecule has 0 heterocycles. The van der Waals surface area contributed by atoms with E-state index in [-0.39, 0.29) is 23.4 Å². The fourth-order valence-corrected chi connectivity index (χ4v) is 3.59. The van der Waals surface area contributed by atoms with Gasteiger partial charge in [0.15, 0.2) is 0 Å². The van der Waals surface area contributed by atoms with Gasteiger partial charge >= 0.3 is 0 Å². The molecule has 0 radical (unpaired) electrons. The molecule has 4 nitrogen and oxygen atoms in total. The van der Waals surface area contributed by atoms with Gasteiger partial charge < -0.3 is 10.4 Å². The number of hydrogen-bond donors (Lipinski definition) is 2. The van der Waals surface area contributed by atoms with Crippen molar-refractivity contribution >= 4 is 9.84 Å². The molecule has 2 N–H and O–H groups in total. The Morgan fingerprint density at radius 3 is 2.53 bits per heavy atom. The summed E-state index contributed by atoms with van der Waals surface area (Å²) in [5.41, 5.74) is -0.288. The van der Waals surface area contributed by atoms with Gasteiger partial charge in [0.05, 0.1) is 11.9 Å². The molecule has 0 spiro atoms. The highest BCUT2D eigenvalue weighted by atomic mass is 32.2. The maximum atomic E-state index is 11.6. The second-order valence-corrected chi connectivity index (χ2v) is 7.86. The normalized spacial score (nSPS) is 29.9. The molecule has 0 saturated heterocycles. The zero-order valence-corrected chi connectivity index (χ0v) is 11.9. The van der Waals surface area contributed by atoms with Gasteiger partial charge in [-0.2, -0.15) is 0 Å². The summed E-state index contributed by atoms with van der Waals surface area (Å²) in [7, 11) is -2.93. The van der Waals surface area contributed by atoms with Crippen molar-refractivity contribution in [2.75, 3.05) is 12.9 Å². The molecule has 3 unspecified atom stereocenters. The fourth-order valence-electron chi connectivity index (χ4n) is 2.42. The molecule has 0 aromatic heterocycles. The minimum Gasteiger partial charge on any atom is -0.394 e. The van der Waals surface area contributed by atoms with Crippen molar-refractivity contribution in [3.05, 3.63) is 0 Å². The van der Waals surface area contributed by atoms with Crippen LogP contribution in [-0.4, -0.2) is 43.2 Å². The molecule has 1 saturated carbocycles. The first kappa shape index (κ1) is 14.9. The lowest BCUT2D eigenvalue weighted by Crippen LogP contribution is -2.52. The van der Waals surface area contributed by atoms with Crippen LogP contribution in [0.25, 0.3) is 0 Å². The predicted octanol–water partition coefficient (Wildman–Crippen LogP) is 1.09. The highest BCUT2D eigenvalue weighted by Gasteiger charge is 2.32. The number of aliphatic hydroxyl groups excluding tert-OH is 1. The first-order chi connectivity index (χ1) is 7.80. The van der Waals surface area contributed by atoms with Crippen molar-refractivity contribution in [2.24, 2.45) is 0 Å². The number of nitrogens with one attached hydrogen (secondary N) is 1. The third kappa shape index (κ3) is 4.23. The van der Waals surface area contributed by atoms with Gasteiger partial charge in [0.1, 0.15) is 9.84 Å². The number of rotatable bonds is 5. The van der Waals surface area contributed by atoms with Crippen molar-refractivity contribution < 1.29 is 13.5 Å². The molecular formula is C12H25NO3S. The Hall–Kier alpha value is -0.130. The maximum absolute atomic E-state index is 11.6. The molecule has 1 fully saturated rings. The molecule has 0 amide bonds. The van der Waals surface area contributed by atoms with E-state index in [1.54, 1.807) is 0 Å². The summed E-state index contributed by atoms with van der Waals surface area (Å²) in [5.74, 6) is 0. The van der Waals surface area contributed by atoms with Crippen LogP contribution < -0.4 is 5.32 Å². The maximum Gasteiger partial charge on any atom is 0.150 e. The van der Waals surface area contributed by atoms with Crippen LogP contribution in [0.2, 0.25) is 0 Å². The SMILES string of the molecule is CCC(C)(CO)NC1CCCC(S(C)(=O)=O)C1. The first-order valence-electron chi connectivity index (χ1n) is 6.38. The van der Waals surface area contributed by atoms with E-state index in [2.05, 4.69) is 5.32 Å². The van der Waals surface area contributed by atoms with E-state index in [9.17, 15) is 13.5 Å². The Balaban J connectivity index is 2.62. The van der Waals surface area contributed by atoms with Gasteiger partial charge in [-0.1, -0.05) is 13.3 Å². The van der Waals surface area contributed by atoms with Crippen LogP contribution >= 0.6 is 0 Å². The van der Waals surface area contributed by atoms with Crippen LogP contribution in [0, 0.1) is 0 Å². The molecule has 3 atom stereocenters. The minimum absolute atomic E-state index is 0.0868. The van der Waals surface area contributed by atoms with Crippen LogP contribution in [0.5, 0.6) is 0 Å². The second kappa shape index (κ2) is 5.67. The van der Waals surface area contributed by atoms with E-state index in [0.29, 0.717) is 6.42 Å². The van der Waals surface area contributed by atoms with Crippen LogP contribution in [-0.2, 0) is 9.84 Å². The Morgan fingerprint density at radius 2 is 2.06 bits per heavy atom. The molecule has 0 aromatic carbocycles. The van der Waals surface area contributed by atoms with E-state index >= 15 is 0 Å². The van der Waals surface area contributed by atoms with Crippen molar-refractivity contribution in [2.45, 2.75) is 62.8 Å². The van der Waals surface area contributed by atoms with Crippen molar-refractivity contribution in [3.8, 4) is 0 Å². The molecule has 17 heavy (non-hydrogen) atoms. The highest BCUT2D eigenvalue weighted by molar-refractivity contribution is 7.91. The zero-order chi connectivity index (χ0) is 13.1. The predicted molar refractivity (Wildman–Crippen MR) is 69.8 cm³/mol. The van der Waals surface area contributed by atoms with E-state index in [1.807, 2.05) is 13.8 Å². The van der Waals surface area contributed by atoms with Gasteiger partial charge in [-0.15, -0.1) is 0 Å². The van der Waals surface area contributed by atoms with Gasteiger partial charge in [-0.3, -0.25) is 0 Å². The van der Waals surface area contributed by atoms with Gasteiger partial charge in [-0.25, -0.2) is 8.42 Å². The third-order valence-electron chi connectivity index (χ3n) is 3.91. The van der Waals surface area contributed by atoms with Crippen LogP contribution in [0.1, 0.15) is 46.0 Å². The number of hydrogen-bond acceptors (Lipinski definition) is 4. The molecule has 1 aliphatic carbocycles. The summed E-state index contributed by atoms with van der Waals surface area (Å²) in [4.78, 5) is 0. The van der Waals surface area contributed by atoms with Gasteiger partial charge in [0, 0.05) is 17.8 Å². The standard InChI is InChI=1S/C12H25NO3S/c1-4-12(2,9-14)13-10-6-5-7-11(8-10)17(3,15)16/h10-11,13-14H,4-9H2,1-3H3. The largest absolute Gasteiger partial charge is 0.394 e. The Labute approximate surface area is 105 Å². The monoisotopic (exact) mass is 263 g/mol. The summed E-state index contributed by atoms with van der Waals surface area (Å²) < 4.78 is 23.1. The molecule has 1 aliphatic rings. The summed E-state index contributed by atoms with van der Waals surface area (Å²) in [6, 6.07) is 0.209. The molecular weight excluding hydrogens is 238 g/mol. The van der Waals surface area contributed by atoms with Gasteiger partial charge in [-0.05, 0) is 32.6 Å². The van der Waals surface area contributed by atoms with E-state index in [4.69, 9.17) is 0 Å². The van der Waals surface area contributed by atoms with Crippen molar-refractivity contribution in [1.82, 2.24) is 5.32 Å². The molecule has 0 aromatic rings.